The lowest BCUT2D eigenvalue weighted by atomic mass is 9.86. The molecule has 174 valence electrons. The summed E-state index contributed by atoms with van der Waals surface area (Å²) in [6.07, 6.45) is 10.8. The van der Waals surface area contributed by atoms with E-state index >= 15 is 0 Å². The van der Waals surface area contributed by atoms with E-state index in [1.807, 2.05) is 18.2 Å². The van der Waals surface area contributed by atoms with Gasteiger partial charge in [0.25, 0.3) is 0 Å². The van der Waals surface area contributed by atoms with Crippen molar-refractivity contribution in [3.63, 3.8) is 0 Å². The Morgan fingerprint density at radius 3 is 2.79 bits per heavy atom. The van der Waals surface area contributed by atoms with Gasteiger partial charge in [0.05, 0.1) is 31.3 Å². The van der Waals surface area contributed by atoms with Crippen molar-refractivity contribution >= 4 is 17.2 Å². The standard InChI is InChI=1S/C12H18N2O.C11H12N6O/c1-9(2)11-6-7-13-14-12(11)15-8-10-4-3-5-10;1-18-7-8-6-9-11(12-4-5-17(9)16-8)14-10-2-3-13-15-10/h6-7,9-10H,3-5,8H2,1-2H3;2-6H,7H2,1H3,(H2,12,13,14,15). The molecule has 2 N–H and O–H groups in total. The molecule has 4 aromatic heterocycles. The smallest absolute Gasteiger partial charge is 0.236 e. The Morgan fingerprint density at radius 2 is 2.09 bits per heavy atom. The second-order valence-electron chi connectivity index (χ2n) is 8.32. The first-order valence-electron chi connectivity index (χ1n) is 11.2. The van der Waals surface area contributed by atoms with Crippen molar-refractivity contribution in [1.82, 2.24) is 35.0 Å². The quantitative estimate of drug-likeness (QED) is 0.412. The van der Waals surface area contributed by atoms with E-state index in [2.05, 4.69) is 49.6 Å². The number of ether oxygens (including phenoxy) is 2. The van der Waals surface area contributed by atoms with Crippen molar-refractivity contribution in [1.29, 1.82) is 0 Å². The van der Waals surface area contributed by atoms with E-state index in [1.54, 1.807) is 36.4 Å². The van der Waals surface area contributed by atoms with Gasteiger partial charge in [0.15, 0.2) is 5.82 Å². The van der Waals surface area contributed by atoms with Crippen LogP contribution in [-0.2, 0) is 11.3 Å². The minimum atomic E-state index is 0.442. The average molecular weight is 451 g/mol. The van der Waals surface area contributed by atoms with E-state index in [0.29, 0.717) is 12.5 Å². The summed E-state index contributed by atoms with van der Waals surface area (Å²) in [7, 11) is 1.64. The molecule has 0 bridgehead atoms. The van der Waals surface area contributed by atoms with Crippen molar-refractivity contribution in [3.05, 3.63) is 54.2 Å². The monoisotopic (exact) mass is 450 g/mol. The van der Waals surface area contributed by atoms with Crippen molar-refractivity contribution in [2.75, 3.05) is 19.0 Å². The minimum absolute atomic E-state index is 0.442. The van der Waals surface area contributed by atoms with Gasteiger partial charge < -0.3 is 14.8 Å². The molecule has 1 aliphatic carbocycles. The number of anilines is 2. The molecule has 1 aliphatic rings. The molecular weight excluding hydrogens is 420 g/mol. The lowest BCUT2D eigenvalue weighted by Crippen LogP contribution is -2.20. The average Bonchev–Trinajstić information content (AvgIpc) is 3.44. The summed E-state index contributed by atoms with van der Waals surface area (Å²) in [5, 5.41) is 22.2. The normalized spacial score (nSPS) is 13.5. The summed E-state index contributed by atoms with van der Waals surface area (Å²) in [5.41, 5.74) is 2.90. The summed E-state index contributed by atoms with van der Waals surface area (Å²) < 4.78 is 12.6. The van der Waals surface area contributed by atoms with Gasteiger partial charge in [-0.15, -0.1) is 5.10 Å². The Bertz CT molecular complexity index is 1140. The number of fused-ring (bicyclic) bond motifs is 1. The van der Waals surface area contributed by atoms with Crippen LogP contribution < -0.4 is 10.1 Å². The molecule has 0 unspecified atom stereocenters. The van der Waals surface area contributed by atoms with Crippen molar-refractivity contribution in [2.24, 2.45) is 5.92 Å². The van der Waals surface area contributed by atoms with Gasteiger partial charge >= 0.3 is 0 Å². The Kier molecular flexibility index (Phi) is 7.46. The van der Waals surface area contributed by atoms with E-state index in [0.717, 1.165) is 46.8 Å². The maximum atomic E-state index is 5.73. The first-order chi connectivity index (χ1) is 16.1. The van der Waals surface area contributed by atoms with Gasteiger partial charge in [-0.2, -0.15) is 15.3 Å². The largest absolute Gasteiger partial charge is 0.476 e. The molecule has 0 atom stereocenters. The van der Waals surface area contributed by atoms with Gasteiger partial charge in [0.1, 0.15) is 11.3 Å². The molecule has 0 spiro atoms. The van der Waals surface area contributed by atoms with Gasteiger partial charge in [-0.1, -0.05) is 20.3 Å². The minimum Gasteiger partial charge on any atom is -0.476 e. The zero-order chi connectivity index (χ0) is 23.0. The molecule has 1 fully saturated rings. The Morgan fingerprint density at radius 1 is 1.21 bits per heavy atom. The molecule has 4 heterocycles. The van der Waals surface area contributed by atoms with Crippen LogP contribution in [-0.4, -0.2) is 48.7 Å². The van der Waals surface area contributed by atoms with E-state index < -0.39 is 0 Å². The van der Waals surface area contributed by atoms with Gasteiger partial charge in [-0.3, -0.25) is 5.10 Å². The first-order valence-corrected chi connectivity index (χ1v) is 11.2. The Labute approximate surface area is 192 Å². The topological polar surface area (TPSA) is 115 Å². The zero-order valence-corrected chi connectivity index (χ0v) is 19.2. The molecule has 0 saturated heterocycles. The van der Waals surface area contributed by atoms with Crippen LogP contribution in [0.15, 0.2) is 43.0 Å². The van der Waals surface area contributed by atoms with E-state index in [4.69, 9.17) is 9.47 Å². The molecule has 0 radical (unpaired) electrons. The van der Waals surface area contributed by atoms with Gasteiger partial charge in [0, 0.05) is 31.1 Å². The molecule has 10 heteroatoms. The molecule has 4 aromatic rings. The summed E-state index contributed by atoms with van der Waals surface area (Å²) in [5.74, 6) is 3.41. The fourth-order valence-electron chi connectivity index (χ4n) is 3.48. The highest BCUT2D eigenvalue weighted by molar-refractivity contribution is 5.71. The third-order valence-electron chi connectivity index (χ3n) is 5.51. The molecule has 10 nitrogen and oxygen atoms in total. The van der Waals surface area contributed by atoms with Crippen molar-refractivity contribution < 1.29 is 9.47 Å². The summed E-state index contributed by atoms with van der Waals surface area (Å²) in [6, 6.07) is 5.76. The molecule has 0 aliphatic heterocycles. The molecule has 0 aromatic carbocycles. The number of rotatable bonds is 8. The maximum absolute atomic E-state index is 5.73. The highest BCUT2D eigenvalue weighted by Gasteiger charge is 2.19. The SMILES string of the molecule is CC(C)c1ccnnc1OCC1CCC1.COCc1cc2c(Nc3ccn[nH]3)nccn2n1. The van der Waals surface area contributed by atoms with Crippen LogP contribution in [0.5, 0.6) is 5.88 Å². The number of nitrogens with one attached hydrogen (secondary N) is 2. The van der Waals surface area contributed by atoms with E-state index in [9.17, 15) is 0 Å². The Hall–Kier alpha value is -3.53. The summed E-state index contributed by atoms with van der Waals surface area (Å²) in [6.45, 7) is 5.57. The summed E-state index contributed by atoms with van der Waals surface area (Å²) >= 11 is 0. The summed E-state index contributed by atoms with van der Waals surface area (Å²) in [4.78, 5) is 4.29. The lowest BCUT2D eigenvalue weighted by molar-refractivity contribution is 0.172. The molecule has 33 heavy (non-hydrogen) atoms. The first kappa shape index (κ1) is 22.7. The molecule has 1 saturated carbocycles. The van der Waals surface area contributed by atoms with Crippen molar-refractivity contribution in [3.8, 4) is 5.88 Å². The van der Waals surface area contributed by atoms with Crippen LogP contribution in [0.3, 0.4) is 0 Å². The Balaban J connectivity index is 0.000000160. The predicted octanol–water partition coefficient (Wildman–Crippen LogP) is 4.12. The van der Waals surface area contributed by atoms with Crippen LogP contribution in [0.25, 0.3) is 5.52 Å². The molecular formula is C23H30N8O2. The predicted molar refractivity (Wildman–Crippen MR) is 125 cm³/mol. The van der Waals surface area contributed by atoms with E-state index in [1.165, 1.54) is 19.3 Å². The molecule has 5 rings (SSSR count). The van der Waals surface area contributed by atoms with Crippen LogP contribution in [0.2, 0.25) is 0 Å². The number of hydrogen-bond donors (Lipinski definition) is 2. The van der Waals surface area contributed by atoms with Crippen LogP contribution in [0.1, 0.15) is 50.3 Å². The van der Waals surface area contributed by atoms with Crippen LogP contribution >= 0.6 is 0 Å². The van der Waals surface area contributed by atoms with E-state index in [-0.39, 0.29) is 0 Å². The highest BCUT2D eigenvalue weighted by atomic mass is 16.5. The number of methoxy groups -OCH3 is 1. The number of aromatic nitrogens is 7. The van der Waals surface area contributed by atoms with Gasteiger partial charge in [-0.25, -0.2) is 9.50 Å². The number of H-pyrrole nitrogens is 1. The van der Waals surface area contributed by atoms with Gasteiger partial charge in [0.2, 0.25) is 5.88 Å². The van der Waals surface area contributed by atoms with Gasteiger partial charge in [-0.05, 0) is 36.8 Å². The molecule has 0 amide bonds. The number of aromatic amines is 1. The third-order valence-corrected chi connectivity index (χ3v) is 5.51. The second-order valence-corrected chi connectivity index (χ2v) is 8.32. The number of nitrogens with zero attached hydrogens (tertiary/aromatic N) is 6. The second kappa shape index (κ2) is 10.9. The van der Waals surface area contributed by atoms with Crippen molar-refractivity contribution in [2.45, 2.75) is 45.6 Å². The fourth-order valence-corrected chi connectivity index (χ4v) is 3.48. The number of hydrogen-bond acceptors (Lipinski definition) is 8. The highest BCUT2D eigenvalue weighted by Crippen LogP contribution is 2.28. The third kappa shape index (κ3) is 5.83. The zero-order valence-electron chi connectivity index (χ0n) is 19.2. The fraction of sp³-hybridized carbons (Fsp3) is 0.435. The van der Waals surface area contributed by atoms with Crippen LogP contribution in [0, 0.1) is 5.92 Å². The maximum Gasteiger partial charge on any atom is 0.236 e. The van der Waals surface area contributed by atoms with Crippen LogP contribution in [0.4, 0.5) is 11.6 Å². The lowest BCUT2D eigenvalue weighted by Gasteiger charge is -2.25.